The summed E-state index contributed by atoms with van der Waals surface area (Å²) in [6.07, 6.45) is 0.777. The number of piperidine rings is 1. The predicted octanol–water partition coefficient (Wildman–Crippen LogP) is 1.62. The molecule has 0 spiro atoms. The maximum absolute atomic E-state index is 13.7. The van der Waals surface area contributed by atoms with Crippen LogP contribution >= 0.6 is 0 Å². The summed E-state index contributed by atoms with van der Waals surface area (Å²) in [7, 11) is -2.38. The molecule has 1 unspecified atom stereocenters. The summed E-state index contributed by atoms with van der Waals surface area (Å²) >= 11 is 0. The zero-order chi connectivity index (χ0) is 15.6. The van der Waals surface area contributed by atoms with Gasteiger partial charge in [-0.2, -0.15) is 4.31 Å². The molecule has 1 saturated heterocycles. The van der Waals surface area contributed by atoms with Crippen LogP contribution in [-0.2, 0) is 10.0 Å². The van der Waals surface area contributed by atoms with Crippen molar-refractivity contribution in [2.24, 2.45) is 5.92 Å². The minimum Gasteiger partial charge on any atom is -0.494 e. The molecule has 118 valence electrons. The summed E-state index contributed by atoms with van der Waals surface area (Å²) in [6.45, 7) is 2.39. The maximum Gasteiger partial charge on any atom is 0.243 e. The van der Waals surface area contributed by atoms with Crippen LogP contribution in [0.25, 0.3) is 0 Å². The van der Waals surface area contributed by atoms with E-state index in [1.165, 1.54) is 23.5 Å². The Morgan fingerprint density at radius 2 is 2.00 bits per heavy atom. The lowest BCUT2D eigenvalue weighted by Crippen LogP contribution is -2.40. The van der Waals surface area contributed by atoms with Gasteiger partial charge in [0.25, 0.3) is 0 Å². The molecule has 0 radical (unpaired) electrons. The van der Waals surface area contributed by atoms with Crippen molar-refractivity contribution in [3.05, 3.63) is 24.0 Å². The van der Waals surface area contributed by atoms with Crippen molar-refractivity contribution in [2.75, 3.05) is 20.2 Å². The van der Waals surface area contributed by atoms with Gasteiger partial charge in [0.2, 0.25) is 10.0 Å². The van der Waals surface area contributed by atoms with E-state index in [4.69, 9.17) is 4.74 Å². The van der Waals surface area contributed by atoms with E-state index < -0.39 is 21.9 Å². The van der Waals surface area contributed by atoms with Crippen LogP contribution in [0.2, 0.25) is 0 Å². The highest BCUT2D eigenvalue weighted by Gasteiger charge is 2.31. The molecule has 1 aliphatic rings. The van der Waals surface area contributed by atoms with Gasteiger partial charge in [-0.25, -0.2) is 12.8 Å². The summed E-state index contributed by atoms with van der Waals surface area (Å²) in [5.74, 6) is -0.566. The Balaban J connectivity index is 2.17. The summed E-state index contributed by atoms with van der Waals surface area (Å²) in [4.78, 5) is -0.0729. The third kappa shape index (κ3) is 3.36. The van der Waals surface area contributed by atoms with Gasteiger partial charge >= 0.3 is 0 Å². The highest BCUT2D eigenvalue weighted by atomic mass is 32.2. The van der Waals surface area contributed by atoms with Crippen molar-refractivity contribution in [1.29, 1.82) is 0 Å². The molecule has 0 saturated carbocycles. The number of ether oxygens (including phenoxy) is 1. The lowest BCUT2D eigenvalue weighted by atomic mass is 9.93. The highest BCUT2D eigenvalue weighted by molar-refractivity contribution is 7.89. The van der Waals surface area contributed by atoms with Gasteiger partial charge < -0.3 is 9.84 Å². The lowest BCUT2D eigenvalue weighted by Gasteiger charge is -2.32. The predicted molar refractivity (Wildman–Crippen MR) is 76.1 cm³/mol. The Bertz CT molecular complexity index is 595. The topological polar surface area (TPSA) is 66.8 Å². The van der Waals surface area contributed by atoms with Gasteiger partial charge in [0.15, 0.2) is 11.6 Å². The third-order valence-electron chi connectivity index (χ3n) is 3.94. The van der Waals surface area contributed by atoms with Crippen LogP contribution in [0.1, 0.15) is 19.8 Å². The fourth-order valence-corrected chi connectivity index (χ4v) is 4.04. The molecule has 7 heteroatoms. The maximum atomic E-state index is 13.7. The highest BCUT2D eigenvalue weighted by Crippen LogP contribution is 2.27. The standard InChI is InChI=1S/C14H20FNO4S/c1-10(17)11-5-7-16(8-6-11)21(18,19)12-3-4-14(20-2)13(15)9-12/h3-4,9-11,17H,5-8H2,1-2H3. The SMILES string of the molecule is COc1ccc(S(=O)(=O)N2CCC(C(C)O)CC2)cc1F. The van der Waals surface area contributed by atoms with Gasteiger partial charge in [-0.3, -0.25) is 0 Å². The van der Waals surface area contributed by atoms with Crippen LogP contribution in [0.5, 0.6) is 5.75 Å². The molecule has 1 aliphatic heterocycles. The second-order valence-corrected chi connectivity index (χ2v) is 7.22. The second kappa shape index (κ2) is 6.29. The molecular weight excluding hydrogens is 297 g/mol. The third-order valence-corrected chi connectivity index (χ3v) is 5.84. The number of rotatable bonds is 4. The van der Waals surface area contributed by atoms with Gasteiger partial charge in [0.1, 0.15) is 0 Å². The Labute approximate surface area is 124 Å². The number of aliphatic hydroxyl groups excluding tert-OH is 1. The van der Waals surface area contributed by atoms with E-state index in [0.717, 1.165) is 6.07 Å². The molecule has 0 amide bonds. The van der Waals surface area contributed by atoms with Crippen LogP contribution < -0.4 is 4.74 Å². The Hall–Kier alpha value is -1.18. The Morgan fingerprint density at radius 1 is 1.38 bits per heavy atom. The summed E-state index contributed by atoms with van der Waals surface area (Å²) < 4.78 is 44.7. The van der Waals surface area contributed by atoms with Crippen LogP contribution in [0.15, 0.2) is 23.1 Å². The molecule has 1 heterocycles. The number of sulfonamides is 1. The molecule has 1 aromatic carbocycles. The van der Waals surface area contributed by atoms with E-state index in [1.807, 2.05) is 0 Å². The molecular formula is C14H20FNO4S. The van der Waals surface area contributed by atoms with E-state index in [2.05, 4.69) is 0 Å². The number of halogens is 1. The average molecular weight is 317 g/mol. The number of aliphatic hydroxyl groups is 1. The average Bonchev–Trinajstić information content (AvgIpc) is 2.47. The van der Waals surface area contributed by atoms with Gasteiger partial charge in [-0.15, -0.1) is 0 Å². The monoisotopic (exact) mass is 317 g/mol. The number of nitrogens with zero attached hydrogens (tertiary/aromatic N) is 1. The fraction of sp³-hybridized carbons (Fsp3) is 0.571. The first-order valence-corrected chi connectivity index (χ1v) is 8.32. The van der Waals surface area contributed by atoms with E-state index in [-0.39, 0.29) is 16.6 Å². The normalized spacial score (nSPS) is 19.4. The van der Waals surface area contributed by atoms with Crippen molar-refractivity contribution in [1.82, 2.24) is 4.31 Å². The first-order valence-electron chi connectivity index (χ1n) is 6.88. The molecule has 0 aromatic heterocycles. The van der Waals surface area contributed by atoms with Gasteiger partial charge in [0.05, 0.1) is 18.1 Å². The van der Waals surface area contributed by atoms with Crippen molar-refractivity contribution < 1.29 is 22.7 Å². The van der Waals surface area contributed by atoms with Gasteiger partial charge in [-0.1, -0.05) is 0 Å². The molecule has 1 fully saturated rings. The summed E-state index contributed by atoms with van der Waals surface area (Å²) in [5, 5.41) is 9.55. The first-order chi connectivity index (χ1) is 9.86. The van der Waals surface area contributed by atoms with E-state index in [0.29, 0.717) is 25.9 Å². The smallest absolute Gasteiger partial charge is 0.243 e. The van der Waals surface area contributed by atoms with Crippen molar-refractivity contribution in [2.45, 2.75) is 30.8 Å². The summed E-state index contributed by atoms with van der Waals surface area (Å²) in [6, 6.07) is 3.64. The molecule has 1 atom stereocenters. The van der Waals surface area contributed by atoms with Crippen molar-refractivity contribution in [3.63, 3.8) is 0 Å². The van der Waals surface area contributed by atoms with Crippen molar-refractivity contribution >= 4 is 10.0 Å². The molecule has 21 heavy (non-hydrogen) atoms. The molecule has 2 rings (SSSR count). The van der Waals surface area contributed by atoms with Gasteiger partial charge in [-0.05, 0) is 43.9 Å². The number of hydrogen-bond acceptors (Lipinski definition) is 4. The molecule has 1 N–H and O–H groups in total. The van der Waals surface area contributed by atoms with Gasteiger partial charge in [0, 0.05) is 13.1 Å². The van der Waals surface area contributed by atoms with Crippen LogP contribution in [0.3, 0.4) is 0 Å². The number of hydrogen-bond donors (Lipinski definition) is 1. The molecule has 0 bridgehead atoms. The van der Waals surface area contributed by atoms with E-state index in [9.17, 15) is 17.9 Å². The first kappa shape index (κ1) is 16.2. The largest absolute Gasteiger partial charge is 0.494 e. The van der Waals surface area contributed by atoms with Crippen LogP contribution in [0.4, 0.5) is 4.39 Å². The number of benzene rings is 1. The Kier molecular flexibility index (Phi) is 4.85. The molecule has 5 nitrogen and oxygen atoms in total. The number of methoxy groups -OCH3 is 1. The zero-order valence-corrected chi connectivity index (χ0v) is 12.9. The minimum absolute atomic E-state index is 0.0155. The zero-order valence-electron chi connectivity index (χ0n) is 12.1. The van der Waals surface area contributed by atoms with Crippen LogP contribution in [-0.4, -0.2) is 44.1 Å². The minimum atomic E-state index is -3.70. The van der Waals surface area contributed by atoms with E-state index in [1.54, 1.807) is 6.92 Å². The Morgan fingerprint density at radius 3 is 2.48 bits per heavy atom. The van der Waals surface area contributed by atoms with Crippen molar-refractivity contribution in [3.8, 4) is 5.75 Å². The molecule has 1 aromatic rings. The lowest BCUT2D eigenvalue weighted by molar-refractivity contribution is 0.0912. The fourth-order valence-electron chi connectivity index (χ4n) is 2.56. The summed E-state index contributed by atoms with van der Waals surface area (Å²) in [5.41, 5.74) is 0. The molecule has 0 aliphatic carbocycles. The van der Waals surface area contributed by atoms with E-state index >= 15 is 0 Å². The second-order valence-electron chi connectivity index (χ2n) is 5.28. The van der Waals surface area contributed by atoms with Crippen LogP contribution in [0, 0.1) is 11.7 Å². The quantitative estimate of drug-likeness (QED) is 0.916.